The minimum Gasteiger partial charge on any atom is -0.322 e. The highest BCUT2D eigenvalue weighted by Gasteiger charge is 2.52. The Morgan fingerprint density at radius 1 is 1.16 bits per heavy atom. The summed E-state index contributed by atoms with van der Waals surface area (Å²) in [6, 6.07) is -0.556. The van der Waals surface area contributed by atoms with Crippen molar-refractivity contribution in [1.82, 2.24) is 30.5 Å². The maximum atomic E-state index is 12.8. The molecule has 1 aromatic rings. The predicted molar refractivity (Wildman–Crippen MR) is 116 cm³/mol. The number of urea groups is 1. The van der Waals surface area contributed by atoms with Gasteiger partial charge in [0.15, 0.2) is 5.16 Å². The van der Waals surface area contributed by atoms with Crippen molar-refractivity contribution >= 4 is 29.6 Å². The van der Waals surface area contributed by atoms with Crippen LogP contribution in [0.1, 0.15) is 76.0 Å². The van der Waals surface area contributed by atoms with E-state index < -0.39 is 17.5 Å². The fraction of sp³-hybridized carbons (Fsp3) is 0.667. The van der Waals surface area contributed by atoms with E-state index in [1.165, 1.54) is 31.0 Å². The van der Waals surface area contributed by atoms with E-state index in [4.69, 9.17) is 0 Å². The average molecular weight is 447 g/mol. The van der Waals surface area contributed by atoms with Crippen molar-refractivity contribution in [2.45, 2.75) is 87.4 Å². The van der Waals surface area contributed by atoms with Gasteiger partial charge in [-0.2, -0.15) is 5.01 Å². The minimum absolute atomic E-state index is 0.0317. The van der Waals surface area contributed by atoms with Crippen LogP contribution in [-0.4, -0.2) is 48.9 Å². The molecular weight excluding hydrogens is 416 g/mol. The summed E-state index contributed by atoms with van der Waals surface area (Å²) in [5.41, 5.74) is 1.62. The summed E-state index contributed by atoms with van der Waals surface area (Å²) in [7, 11) is 0. The third-order valence-corrected chi connectivity index (χ3v) is 7.43. The maximum absolute atomic E-state index is 12.8. The Balaban J connectivity index is 1.37. The van der Waals surface area contributed by atoms with Gasteiger partial charge in [0.25, 0.3) is 5.91 Å². The number of allylic oxidation sites excluding steroid dienone is 1. The Kier molecular flexibility index (Phi) is 6.64. The molecule has 3 fully saturated rings. The van der Waals surface area contributed by atoms with Gasteiger partial charge < -0.3 is 9.88 Å². The van der Waals surface area contributed by atoms with Gasteiger partial charge in [0.05, 0.1) is 5.75 Å². The van der Waals surface area contributed by atoms with Crippen LogP contribution in [-0.2, 0) is 16.1 Å². The molecule has 0 bridgehead atoms. The number of thioether (sulfide) groups is 1. The molecule has 0 atom stereocenters. The molecule has 4 amide bonds. The number of hydrogen-bond donors (Lipinski definition) is 2. The van der Waals surface area contributed by atoms with Crippen molar-refractivity contribution in [3.8, 4) is 0 Å². The van der Waals surface area contributed by atoms with Crippen molar-refractivity contribution < 1.29 is 14.4 Å². The van der Waals surface area contributed by atoms with E-state index >= 15 is 0 Å². The number of carbonyl (C=O) groups excluding carboxylic acids is 3. The first-order valence-corrected chi connectivity index (χ1v) is 12.2. The van der Waals surface area contributed by atoms with Crippen LogP contribution in [0.5, 0.6) is 0 Å². The molecule has 31 heavy (non-hydrogen) atoms. The van der Waals surface area contributed by atoms with Crippen LogP contribution in [0.2, 0.25) is 0 Å². The van der Waals surface area contributed by atoms with Crippen molar-refractivity contribution in [2.75, 3.05) is 5.75 Å². The summed E-state index contributed by atoms with van der Waals surface area (Å²) in [6.45, 7) is 4.41. The van der Waals surface area contributed by atoms with Crippen LogP contribution in [0.3, 0.4) is 0 Å². The third-order valence-electron chi connectivity index (χ3n) is 6.47. The Labute approximate surface area is 186 Å². The molecule has 168 valence electrons. The number of hydrazine groups is 1. The van der Waals surface area contributed by atoms with Crippen molar-refractivity contribution in [3.63, 3.8) is 0 Å². The molecule has 3 aliphatic rings. The number of nitrogens with zero attached hydrogens (tertiary/aromatic N) is 4. The van der Waals surface area contributed by atoms with Gasteiger partial charge in [0.1, 0.15) is 11.4 Å². The summed E-state index contributed by atoms with van der Waals surface area (Å²) in [5, 5.41) is 13.0. The monoisotopic (exact) mass is 446 g/mol. The molecule has 1 saturated heterocycles. The molecule has 2 saturated carbocycles. The van der Waals surface area contributed by atoms with Gasteiger partial charge in [-0.25, -0.2) is 4.79 Å². The normalized spacial score (nSPS) is 21.4. The lowest BCUT2D eigenvalue weighted by Crippen LogP contribution is -2.51. The number of aromatic nitrogens is 3. The predicted octanol–water partition coefficient (Wildman–Crippen LogP) is 2.89. The fourth-order valence-electron chi connectivity index (χ4n) is 4.87. The van der Waals surface area contributed by atoms with Gasteiger partial charge in [-0.05, 0) is 25.7 Å². The zero-order valence-electron chi connectivity index (χ0n) is 17.8. The highest BCUT2D eigenvalue weighted by atomic mass is 32.2. The Morgan fingerprint density at radius 2 is 1.87 bits per heavy atom. The topological polar surface area (TPSA) is 109 Å². The largest absolute Gasteiger partial charge is 0.344 e. The first-order valence-electron chi connectivity index (χ1n) is 11.2. The molecule has 9 nitrogen and oxygen atoms in total. The van der Waals surface area contributed by atoms with Gasteiger partial charge in [-0.15, -0.1) is 16.8 Å². The highest BCUT2D eigenvalue weighted by Crippen LogP contribution is 2.34. The number of nitrogens with one attached hydrogen (secondary N) is 2. The number of rotatable bonds is 7. The van der Waals surface area contributed by atoms with E-state index in [1.54, 1.807) is 6.08 Å². The fourth-order valence-corrected chi connectivity index (χ4v) is 5.62. The van der Waals surface area contributed by atoms with Crippen LogP contribution in [0, 0.1) is 0 Å². The van der Waals surface area contributed by atoms with Crippen LogP contribution in [0.15, 0.2) is 17.8 Å². The standard InChI is InChI=1S/C21H30N6O3S/c1-2-13-26-17(15-9-5-3-6-10-15)23-24-20(26)31-14-16(28)25-27-18(29)21(22-19(27)30)11-7-4-8-12-21/h2,15H,1,3-14H2,(H,22,30)(H,25,28). The second-order valence-corrected chi connectivity index (χ2v) is 9.55. The molecule has 10 heteroatoms. The van der Waals surface area contributed by atoms with Crippen LogP contribution < -0.4 is 10.7 Å². The molecule has 0 radical (unpaired) electrons. The van der Waals surface area contributed by atoms with E-state index in [-0.39, 0.29) is 11.7 Å². The number of carbonyl (C=O) groups is 3. The minimum atomic E-state index is -0.852. The summed E-state index contributed by atoms with van der Waals surface area (Å²) in [4.78, 5) is 37.7. The SMILES string of the molecule is C=CCn1c(SCC(=O)NN2C(=O)NC3(CCCCC3)C2=O)nnc1C1CCCCC1. The third kappa shape index (κ3) is 4.49. The first kappa shape index (κ1) is 21.9. The zero-order valence-corrected chi connectivity index (χ0v) is 18.6. The van der Waals surface area contributed by atoms with E-state index in [1.807, 2.05) is 4.57 Å². The lowest BCUT2D eigenvalue weighted by Gasteiger charge is -2.30. The Hall–Kier alpha value is -2.36. The van der Waals surface area contributed by atoms with Gasteiger partial charge in [0, 0.05) is 12.5 Å². The molecule has 2 heterocycles. The first-order chi connectivity index (χ1) is 15.0. The maximum Gasteiger partial charge on any atom is 0.344 e. The Bertz CT molecular complexity index is 857. The second-order valence-electron chi connectivity index (χ2n) is 8.61. The summed E-state index contributed by atoms with van der Waals surface area (Å²) < 4.78 is 2.02. The molecular formula is C21H30N6O3S. The highest BCUT2D eigenvalue weighted by molar-refractivity contribution is 7.99. The molecule has 1 aliphatic heterocycles. The van der Waals surface area contributed by atoms with Crippen molar-refractivity contribution in [1.29, 1.82) is 0 Å². The molecule has 2 aliphatic carbocycles. The summed E-state index contributed by atoms with van der Waals surface area (Å²) in [6.07, 6.45) is 11.8. The molecule has 4 rings (SSSR count). The molecule has 0 aromatic carbocycles. The van der Waals surface area contributed by atoms with Crippen molar-refractivity contribution in [2.24, 2.45) is 0 Å². The van der Waals surface area contributed by atoms with Gasteiger partial charge >= 0.3 is 6.03 Å². The number of amides is 4. The molecule has 1 aromatic heterocycles. The average Bonchev–Trinajstić information content (AvgIpc) is 3.28. The van der Waals surface area contributed by atoms with Gasteiger partial charge in [-0.3, -0.25) is 15.0 Å². The number of hydrogen-bond acceptors (Lipinski definition) is 6. The van der Waals surface area contributed by atoms with Crippen LogP contribution in [0.4, 0.5) is 4.79 Å². The van der Waals surface area contributed by atoms with E-state index in [9.17, 15) is 14.4 Å². The van der Waals surface area contributed by atoms with Crippen LogP contribution in [0.25, 0.3) is 0 Å². The lowest BCUT2D eigenvalue weighted by atomic mass is 9.82. The molecule has 0 unspecified atom stereocenters. The Morgan fingerprint density at radius 3 is 2.58 bits per heavy atom. The van der Waals surface area contributed by atoms with E-state index in [0.29, 0.717) is 30.5 Å². The lowest BCUT2D eigenvalue weighted by molar-refractivity contribution is -0.139. The number of imide groups is 1. The van der Waals surface area contributed by atoms with Gasteiger partial charge in [0.2, 0.25) is 5.91 Å². The zero-order chi connectivity index (χ0) is 21.8. The van der Waals surface area contributed by atoms with Crippen LogP contribution >= 0.6 is 11.8 Å². The van der Waals surface area contributed by atoms with E-state index in [0.717, 1.165) is 42.9 Å². The summed E-state index contributed by atoms with van der Waals surface area (Å²) in [5.74, 6) is 0.598. The van der Waals surface area contributed by atoms with Gasteiger partial charge in [-0.1, -0.05) is 56.4 Å². The van der Waals surface area contributed by atoms with E-state index in [2.05, 4.69) is 27.5 Å². The molecule has 2 N–H and O–H groups in total. The van der Waals surface area contributed by atoms with Crippen molar-refractivity contribution in [3.05, 3.63) is 18.5 Å². The smallest absolute Gasteiger partial charge is 0.322 e. The summed E-state index contributed by atoms with van der Waals surface area (Å²) >= 11 is 1.25. The second kappa shape index (κ2) is 9.42. The molecule has 1 spiro atoms. The quantitative estimate of drug-likeness (QED) is 0.379.